The molecule has 1 saturated heterocycles. The van der Waals surface area contributed by atoms with Gasteiger partial charge < -0.3 is 15.5 Å². The summed E-state index contributed by atoms with van der Waals surface area (Å²) in [6.45, 7) is 8.26. The van der Waals surface area contributed by atoms with Crippen LogP contribution < -0.4 is 5.32 Å². The second-order valence-electron chi connectivity index (χ2n) is 9.31. The zero-order chi connectivity index (χ0) is 25.2. The molecular formula is C30H34IN3OS. The molecule has 6 heteroatoms. The largest absolute Gasteiger partial charge is 0.362 e. The van der Waals surface area contributed by atoms with Gasteiger partial charge in [-0.15, -0.1) is 0 Å². The molecule has 1 unspecified atom stereocenters. The molecule has 4 nitrogen and oxygen atoms in total. The van der Waals surface area contributed by atoms with Crippen molar-refractivity contribution in [3.8, 4) is 0 Å². The summed E-state index contributed by atoms with van der Waals surface area (Å²) >= 11 is 2.28. The third kappa shape index (κ3) is 6.79. The number of ether oxygens (including phenoxy) is 1. The highest BCUT2D eigenvalue weighted by molar-refractivity contribution is 14.2. The number of benzene rings is 3. The highest BCUT2D eigenvalue weighted by Gasteiger charge is 2.41. The molecule has 188 valence electrons. The molecule has 0 bridgehead atoms. The molecule has 0 amide bonds. The van der Waals surface area contributed by atoms with Crippen LogP contribution in [0.5, 0.6) is 0 Å². The fraction of sp³-hybridized carbons (Fsp3) is 0.300. The Labute approximate surface area is 231 Å². The number of nitrogens with one attached hydrogen (secondary N) is 2. The number of likely N-dealkylation sites (tertiary alicyclic amines) is 1. The minimum atomic E-state index is -0.0516. The van der Waals surface area contributed by atoms with Gasteiger partial charge in [-0.25, -0.2) is 0 Å². The zero-order valence-corrected chi connectivity index (χ0v) is 23.6. The number of anilines is 1. The molecule has 1 fully saturated rings. The topological polar surface area (TPSA) is 48.4 Å². The summed E-state index contributed by atoms with van der Waals surface area (Å²) in [5, 5.41) is 11.5. The predicted octanol–water partition coefficient (Wildman–Crippen LogP) is 7.18. The Kier molecular flexibility index (Phi) is 10.0. The first-order valence-corrected chi connectivity index (χ1v) is 15.9. The van der Waals surface area contributed by atoms with E-state index < -0.39 is 0 Å². The average molecular weight is 612 g/mol. The minimum Gasteiger partial charge on any atom is -0.362 e. The molecule has 36 heavy (non-hydrogen) atoms. The maximum Gasteiger partial charge on any atom is 0.116 e. The third-order valence-corrected chi connectivity index (χ3v) is 8.55. The molecule has 0 aliphatic carbocycles. The standard InChI is InChI=1S/C30H34IN3OS/c1-2-26-18-29(33-23-35-15-16-36-31)27(20-32)17-28(26)30(19-24-9-5-3-6-10-24)13-14-34(22-30)21-25-11-7-4-8-12-25/h2-12,17-18,20,32-33H,1,13-16,19,21-23H2. The quantitative estimate of drug-likeness (QED) is 0.0931. The van der Waals surface area contributed by atoms with E-state index in [4.69, 9.17) is 10.1 Å². The highest BCUT2D eigenvalue weighted by Crippen LogP contribution is 2.42. The van der Waals surface area contributed by atoms with Crippen LogP contribution in [0.25, 0.3) is 6.08 Å². The normalized spacial score (nSPS) is 17.7. The average Bonchev–Trinajstić information content (AvgIpc) is 3.32. The van der Waals surface area contributed by atoms with Gasteiger partial charge in [-0.3, -0.25) is 4.90 Å². The van der Waals surface area contributed by atoms with Crippen LogP contribution in [0.1, 0.15) is 34.2 Å². The van der Waals surface area contributed by atoms with E-state index in [2.05, 4.69) is 111 Å². The fourth-order valence-corrected chi connectivity index (χ4v) is 5.93. The Morgan fingerprint density at radius 2 is 1.78 bits per heavy atom. The molecule has 1 aliphatic rings. The van der Waals surface area contributed by atoms with Gasteiger partial charge in [-0.2, -0.15) is 0 Å². The van der Waals surface area contributed by atoms with E-state index in [9.17, 15) is 0 Å². The Morgan fingerprint density at radius 1 is 1.06 bits per heavy atom. The van der Waals surface area contributed by atoms with Gasteiger partial charge in [0.1, 0.15) is 6.73 Å². The van der Waals surface area contributed by atoms with Gasteiger partial charge in [0.15, 0.2) is 0 Å². The van der Waals surface area contributed by atoms with Gasteiger partial charge in [-0.1, -0.05) is 82.3 Å². The molecular weight excluding hydrogens is 577 g/mol. The Morgan fingerprint density at radius 3 is 2.44 bits per heavy atom. The van der Waals surface area contributed by atoms with E-state index in [1.807, 2.05) is 6.08 Å². The molecule has 0 saturated carbocycles. The van der Waals surface area contributed by atoms with E-state index in [1.165, 1.54) is 22.9 Å². The first kappa shape index (κ1) is 26.9. The molecule has 3 aromatic carbocycles. The number of hydrogen-bond donors (Lipinski definition) is 2. The van der Waals surface area contributed by atoms with Crippen LogP contribution in [-0.4, -0.2) is 43.3 Å². The van der Waals surface area contributed by atoms with Gasteiger partial charge in [0, 0.05) is 41.7 Å². The summed E-state index contributed by atoms with van der Waals surface area (Å²) in [5.74, 6) is 0.956. The lowest BCUT2D eigenvalue weighted by Gasteiger charge is -2.33. The van der Waals surface area contributed by atoms with Crippen molar-refractivity contribution in [1.29, 1.82) is 5.41 Å². The van der Waals surface area contributed by atoms with Crippen LogP contribution in [0.15, 0.2) is 79.4 Å². The van der Waals surface area contributed by atoms with Crippen molar-refractivity contribution in [1.82, 2.24) is 4.90 Å². The summed E-state index contributed by atoms with van der Waals surface area (Å²) in [4.78, 5) is 2.57. The molecule has 1 heterocycles. The van der Waals surface area contributed by atoms with Crippen molar-refractivity contribution < 1.29 is 4.74 Å². The molecule has 1 atom stereocenters. The molecule has 2 N–H and O–H groups in total. The predicted molar refractivity (Wildman–Crippen MR) is 163 cm³/mol. The molecule has 0 aromatic heterocycles. The number of hydrogen-bond acceptors (Lipinski definition) is 5. The van der Waals surface area contributed by atoms with Crippen molar-refractivity contribution in [2.24, 2.45) is 0 Å². The SMILES string of the molecule is C=Cc1cc(NCOCCSI)c(C=N)cc1C1(Cc2ccccc2)CCN(Cc2ccccc2)C1. The van der Waals surface area contributed by atoms with Crippen molar-refractivity contribution in [2.45, 2.75) is 24.8 Å². The van der Waals surface area contributed by atoms with E-state index in [0.717, 1.165) is 55.0 Å². The van der Waals surface area contributed by atoms with Gasteiger partial charge in [0.05, 0.1) is 6.61 Å². The lowest BCUT2D eigenvalue weighted by molar-refractivity contribution is 0.169. The van der Waals surface area contributed by atoms with Crippen molar-refractivity contribution in [3.63, 3.8) is 0 Å². The number of rotatable bonds is 13. The summed E-state index contributed by atoms with van der Waals surface area (Å²) in [5.41, 5.74) is 6.85. The Hall–Kier alpha value is -2.13. The summed E-state index contributed by atoms with van der Waals surface area (Å²) in [6, 6.07) is 25.9. The number of halogens is 1. The van der Waals surface area contributed by atoms with Gasteiger partial charge >= 0.3 is 0 Å². The maximum absolute atomic E-state index is 8.15. The van der Waals surface area contributed by atoms with Crippen LogP contribution >= 0.6 is 30.1 Å². The zero-order valence-electron chi connectivity index (χ0n) is 20.6. The first-order valence-electron chi connectivity index (χ1n) is 12.3. The fourth-order valence-electron chi connectivity index (χ4n) is 5.21. The summed E-state index contributed by atoms with van der Waals surface area (Å²) in [7, 11) is 1.74. The van der Waals surface area contributed by atoms with E-state index in [0.29, 0.717) is 13.3 Å². The minimum absolute atomic E-state index is 0.0516. The van der Waals surface area contributed by atoms with Crippen molar-refractivity contribution in [2.75, 3.05) is 37.5 Å². The smallest absolute Gasteiger partial charge is 0.116 e. The van der Waals surface area contributed by atoms with E-state index in [-0.39, 0.29) is 5.41 Å². The number of nitrogens with zero attached hydrogens (tertiary/aromatic N) is 1. The Balaban J connectivity index is 1.65. The Bertz CT molecular complexity index is 1140. The summed E-state index contributed by atoms with van der Waals surface area (Å²) < 4.78 is 5.71. The van der Waals surface area contributed by atoms with Gasteiger partial charge in [0.25, 0.3) is 0 Å². The second kappa shape index (κ2) is 13.4. The molecule has 3 aromatic rings. The van der Waals surface area contributed by atoms with Gasteiger partial charge in [0.2, 0.25) is 0 Å². The van der Waals surface area contributed by atoms with Crippen LogP contribution in [0, 0.1) is 5.41 Å². The van der Waals surface area contributed by atoms with Gasteiger partial charge in [-0.05, 0) is 75.0 Å². The molecule has 0 radical (unpaired) electrons. The second-order valence-corrected chi connectivity index (χ2v) is 11.8. The summed E-state index contributed by atoms with van der Waals surface area (Å²) in [6.07, 6.45) is 5.44. The van der Waals surface area contributed by atoms with Crippen LogP contribution in [0.3, 0.4) is 0 Å². The van der Waals surface area contributed by atoms with E-state index in [1.54, 1.807) is 8.93 Å². The molecule has 1 aliphatic heterocycles. The monoisotopic (exact) mass is 611 g/mol. The maximum atomic E-state index is 8.15. The first-order chi connectivity index (χ1) is 17.7. The van der Waals surface area contributed by atoms with Crippen LogP contribution in [0.2, 0.25) is 0 Å². The molecule has 0 spiro atoms. The highest BCUT2D eigenvalue weighted by atomic mass is 127. The van der Waals surface area contributed by atoms with E-state index >= 15 is 0 Å². The van der Waals surface area contributed by atoms with Crippen molar-refractivity contribution in [3.05, 3.63) is 107 Å². The molecule has 4 rings (SSSR count). The lowest BCUT2D eigenvalue weighted by atomic mass is 9.72. The van der Waals surface area contributed by atoms with Crippen molar-refractivity contribution >= 4 is 48.1 Å². The van der Waals surface area contributed by atoms with Crippen LogP contribution in [-0.2, 0) is 23.1 Å². The third-order valence-electron chi connectivity index (χ3n) is 6.91. The lowest BCUT2D eigenvalue weighted by Crippen LogP contribution is -2.34. The van der Waals surface area contributed by atoms with Crippen LogP contribution in [0.4, 0.5) is 5.69 Å².